The van der Waals surface area contributed by atoms with Gasteiger partial charge in [-0.25, -0.2) is 19.3 Å². The molecule has 0 saturated carbocycles. The lowest BCUT2D eigenvalue weighted by atomic mass is 10.1. The van der Waals surface area contributed by atoms with Gasteiger partial charge in [0.15, 0.2) is 11.4 Å². The summed E-state index contributed by atoms with van der Waals surface area (Å²) < 4.78 is 13.1. The summed E-state index contributed by atoms with van der Waals surface area (Å²) in [6.45, 7) is 0. The van der Waals surface area contributed by atoms with Crippen LogP contribution in [0.4, 0.5) is 4.39 Å². The number of hydrogen-bond donors (Lipinski definition) is 1. The fraction of sp³-hybridized carbons (Fsp3) is 0.0769. The Kier molecular flexibility index (Phi) is 3.85. The SMILES string of the molecule is O=C(CSc1ncnc2nc[nH]c12)c1ccc(F)c(Cl)c1. The Bertz CT molecular complexity index is 823. The zero-order valence-corrected chi connectivity index (χ0v) is 12.1. The molecule has 0 fully saturated rings. The number of benzene rings is 1. The van der Waals surface area contributed by atoms with Crippen LogP contribution >= 0.6 is 23.4 Å². The molecule has 3 aromatic rings. The topological polar surface area (TPSA) is 71.5 Å². The summed E-state index contributed by atoms with van der Waals surface area (Å²) in [4.78, 5) is 27.2. The second kappa shape index (κ2) is 5.79. The molecule has 0 atom stereocenters. The molecule has 0 aliphatic heterocycles. The summed E-state index contributed by atoms with van der Waals surface area (Å²) in [7, 11) is 0. The fourth-order valence-electron chi connectivity index (χ4n) is 1.74. The number of rotatable bonds is 4. The lowest BCUT2D eigenvalue weighted by Crippen LogP contribution is -2.03. The van der Waals surface area contributed by atoms with Crippen LogP contribution in [0.3, 0.4) is 0 Å². The van der Waals surface area contributed by atoms with Gasteiger partial charge in [0.25, 0.3) is 0 Å². The third-order valence-corrected chi connectivity index (χ3v) is 4.05. The second-order valence-corrected chi connectivity index (χ2v) is 5.49. The van der Waals surface area contributed by atoms with Gasteiger partial charge in [0.2, 0.25) is 0 Å². The van der Waals surface area contributed by atoms with Crippen molar-refractivity contribution in [1.82, 2.24) is 19.9 Å². The first-order valence-electron chi connectivity index (χ1n) is 5.90. The lowest BCUT2D eigenvalue weighted by molar-refractivity contribution is 0.102. The maximum atomic E-state index is 13.1. The van der Waals surface area contributed by atoms with Crippen molar-refractivity contribution in [3.05, 3.63) is 47.3 Å². The average Bonchev–Trinajstić information content (AvgIpc) is 2.96. The monoisotopic (exact) mass is 322 g/mol. The van der Waals surface area contributed by atoms with E-state index in [9.17, 15) is 9.18 Å². The smallest absolute Gasteiger partial charge is 0.181 e. The number of nitrogens with one attached hydrogen (secondary N) is 1. The number of aromatic amines is 1. The number of fused-ring (bicyclic) bond motifs is 1. The van der Waals surface area contributed by atoms with E-state index in [1.165, 1.54) is 42.6 Å². The number of imidazole rings is 1. The molecule has 0 saturated heterocycles. The zero-order valence-electron chi connectivity index (χ0n) is 10.5. The maximum Gasteiger partial charge on any atom is 0.181 e. The molecule has 0 unspecified atom stereocenters. The van der Waals surface area contributed by atoms with E-state index in [2.05, 4.69) is 19.9 Å². The van der Waals surface area contributed by atoms with Crippen LogP contribution in [0.25, 0.3) is 11.2 Å². The summed E-state index contributed by atoms with van der Waals surface area (Å²) in [6.07, 6.45) is 2.91. The highest BCUT2D eigenvalue weighted by Gasteiger charge is 2.12. The molecule has 1 N–H and O–H groups in total. The van der Waals surface area contributed by atoms with E-state index in [4.69, 9.17) is 11.6 Å². The van der Waals surface area contributed by atoms with Gasteiger partial charge in [0.05, 0.1) is 17.1 Å². The van der Waals surface area contributed by atoms with Crippen LogP contribution in [0.15, 0.2) is 35.9 Å². The first-order chi connectivity index (χ1) is 10.1. The number of carbonyl (C=O) groups is 1. The Balaban J connectivity index is 1.76. The van der Waals surface area contributed by atoms with E-state index < -0.39 is 5.82 Å². The van der Waals surface area contributed by atoms with Crippen LogP contribution in [0.5, 0.6) is 0 Å². The number of ketones is 1. The summed E-state index contributed by atoms with van der Waals surface area (Å²) in [5, 5.41) is 0.572. The number of H-pyrrole nitrogens is 1. The largest absolute Gasteiger partial charge is 0.341 e. The first-order valence-corrected chi connectivity index (χ1v) is 7.26. The number of carbonyl (C=O) groups excluding carboxylic acids is 1. The Labute approximate surface area is 128 Å². The number of halogens is 2. The van der Waals surface area contributed by atoms with Gasteiger partial charge in [-0.3, -0.25) is 4.79 Å². The summed E-state index contributed by atoms with van der Waals surface area (Å²) >= 11 is 6.93. The highest BCUT2D eigenvalue weighted by Crippen LogP contribution is 2.23. The zero-order chi connectivity index (χ0) is 14.8. The van der Waals surface area contributed by atoms with Crippen molar-refractivity contribution < 1.29 is 9.18 Å². The molecule has 2 aromatic heterocycles. The van der Waals surface area contributed by atoms with Crippen molar-refractivity contribution in [2.45, 2.75) is 5.03 Å². The number of aromatic nitrogens is 4. The van der Waals surface area contributed by atoms with Gasteiger partial charge in [0, 0.05) is 5.56 Å². The highest BCUT2D eigenvalue weighted by molar-refractivity contribution is 8.00. The predicted molar refractivity (Wildman–Crippen MR) is 78.1 cm³/mol. The third kappa shape index (κ3) is 2.88. The molecule has 3 rings (SSSR count). The van der Waals surface area contributed by atoms with Crippen LogP contribution in [0.2, 0.25) is 5.02 Å². The third-order valence-electron chi connectivity index (χ3n) is 2.77. The molecule has 0 bridgehead atoms. The van der Waals surface area contributed by atoms with Crippen LogP contribution in [0.1, 0.15) is 10.4 Å². The summed E-state index contributed by atoms with van der Waals surface area (Å²) in [5.41, 5.74) is 1.60. The molecule has 8 heteroatoms. The Morgan fingerprint density at radius 3 is 3.00 bits per heavy atom. The molecular formula is C13H8ClFN4OS. The Morgan fingerprint density at radius 1 is 1.33 bits per heavy atom. The van der Waals surface area contributed by atoms with E-state index in [0.29, 0.717) is 21.8 Å². The van der Waals surface area contributed by atoms with E-state index >= 15 is 0 Å². The molecule has 21 heavy (non-hydrogen) atoms. The van der Waals surface area contributed by atoms with Crippen molar-refractivity contribution in [2.75, 3.05) is 5.75 Å². The molecule has 0 aliphatic carbocycles. The Hall–Kier alpha value is -1.99. The molecule has 1 aromatic carbocycles. The minimum absolute atomic E-state index is 0.0659. The number of nitrogens with zero attached hydrogens (tertiary/aromatic N) is 3. The predicted octanol–water partition coefficient (Wildman–Crippen LogP) is 3.12. The van der Waals surface area contributed by atoms with Gasteiger partial charge in [-0.2, -0.15) is 0 Å². The molecule has 5 nitrogen and oxygen atoms in total. The standard InChI is InChI=1S/C13H8ClFN4OS/c14-8-3-7(1-2-9(8)15)10(20)4-21-13-11-12(17-5-16-11)18-6-19-13/h1-3,5-6H,4H2,(H,16,17,18,19). The minimum atomic E-state index is -0.546. The van der Waals surface area contributed by atoms with Crippen molar-refractivity contribution in [2.24, 2.45) is 0 Å². The van der Waals surface area contributed by atoms with Crippen molar-refractivity contribution >= 4 is 40.3 Å². The lowest BCUT2D eigenvalue weighted by Gasteiger charge is -2.03. The van der Waals surface area contributed by atoms with Crippen LogP contribution in [-0.2, 0) is 0 Å². The van der Waals surface area contributed by atoms with Gasteiger partial charge < -0.3 is 4.98 Å². The number of Topliss-reactive ketones (excluding diaryl/α,β-unsaturated/α-hetero) is 1. The van der Waals surface area contributed by atoms with Crippen molar-refractivity contribution in [3.63, 3.8) is 0 Å². The van der Waals surface area contributed by atoms with Gasteiger partial charge in [0.1, 0.15) is 22.7 Å². The molecule has 106 valence electrons. The van der Waals surface area contributed by atoms with Gasteiger partial charge in [-0.1, -0.05) is 23.4 Å². The fourth-order valence-corrected chi connectivity index (χ4v) is 2.77. The van der Waals surface area contributed by atoms with Crippen LogP contribution in [-0.4, -0.2) is 31.5 Å². The van der Waals surface area contributed by atoms with Gasteiger partial charge in [-0.05, 0) is 18.2 Å². The second-order valence-electron chi connectivity index (χ2n) is 4.12. The quantitative estimate of drug-likeness (QED) is 0.454. The van der Waals surface area contributed by atoms with E-state index in [1.807, 2.05) is 0 Å². The van der Waals surface area contributed by atoms with E-state index in [0.717, 1.165) is 0 Å². The molecule has 2 heterocycles. The van der Waals surface area contributed by atoms with E-state index in [-0.39, 0.29) is 16.6 Å². The normalized spacial score (nSPS) is 11.0. The van der Waals surface area contributed by atoms with Crippen molar-refractivity contribution in [1.29, 1.82) is 0 Å². The first kappa shape index (κ1) is 14.0. The summed E-state index contributed by atoms with van der Waals surface area (Å²) in [5.74, 6) is -0.545. The molecule has 0 spiro atoms. The van der Waals surface area contributed by atoms with Gasteiger partial charge in [-0.15, -0.1) is 0 Å². The minimum Gasteiger partial charge on any atom is -0.341 e. The highest BCUT2D eigenvalue weighted by atomic mass is 35.5. The Morgan fingerprint density at radius 2 is 2.19 bits per heavy atom. The number of thioether (sulfide) groups is 1. The molecular weight excluding hydrogens is 315 g/mol. The summed E-state index contributed by atoms with van der Waals surface area (Å²) in [6, 6.07) is 3.92. The van der Waals surface area contributed by atoms with Gasteiger partial charge >= 0.3 is 0 Å². The number of hydrogen-bond acceptors (Lipinski definition) is 5. The molecule has 0 radical (unpaired) electrons. The van der Waals surface area contributed by atoms with Crippen LogP contribution in [0, 0.1) is 5.82 Å². The molecule has 0 aliphatic rings. The van der Waals surface area contributed by atoms with E-state index in [1.54, 1.807) is 0 Å². The van der Waals surface area contributed by atoms with Crippen LogP contribution < -0.4 is 0 Å². The average molecular weight is 323 g/mol. The molecule has 0 amide bonds. The maximum absolute atomic E-state index is 13.1. The van der Waals surface area contributed by atoms with Crippen molar-refractivity contribution in [3.8, 4) is 0 Å².